The van der Waals surface area contributed by atoms with E-state index in [4.69, 9.17) is 13.3 Å². The lowest BCUT2D eigenvalue weighted by atomic mass is 9.87. The van der Waals surface area contributed by atoms with Crippen molar-refractivity contribution in [2.45, 2.75) is 44.6 Å². The Labute approximate surface area is 94.5 Å². The zero-order chi connectivity index (χ0) is 11.3. The third kappa shape index (κ3) is 2.81. The second kappa shape index (κ2) is 5.99. The summed E-state index contributed by atoms with van der Waals surface area (Å²) < 4.78 is 16.6. The second-order valence-electron chi connectivity index (χ2n) is 4.40. The molecule has 1 atom stereocenters. The Morgan fingerprint density at radius 3 is 1.80 bits per heavy atom. The highest BCUT2D eigenvalue weighted by Crippen LogP contribution is 2.39. The molecule has 0 spiro atoms. The van der Waals surface area contributed by atoms with E-state index < -0.39 is 8.80 Å². The largest absolute Gasteiger partial charge is 0.503 e. The van der Waals surface area contributed by atoms with Gasteiger partial charge in [0.25, 0.3) is 0 Å². The van der Waals surface area contributed by atoms with Crippen LogP contribution in [0.4, 0.5) is 0 Å². The fraction of sp³-hybridized carbons (Fsp3) is 1.00. The van der Waals surface area contributed by atoms with Crippen LogP contribution in [0.25, 0.3) is 0 Å². The van der Waals surface area contributed by atoms with Crippen molar-refractivity contribution in [3.8, 4) is 0 Å². The van der Waals surface area contributed by atoms with Crippen LogP contribution in [0, 0.1) is 5.92 Å². The first-order valence-electron chi connectivity index (χ1n) is 5.85. The van der Waals surface area contributed by atoms with Crippen LogP contribution >= 0.6 is 0 Å². The van der Waals surface area contributed by atoms with E-state index >= 15 is 0 Å². The first-order chi connectivity index (χ1) is 7.20. The van der Waals surface area contributed by atoms with Gasteiger partial charge in [0.15, 0.2) is 0 Å². The molecule has 3 nitrogen and oxygen atoms in total. The highest BCUT2D eigenvalue weighted by atomic mass is 28.4. The third-order valence-electron chi connectivity index (χ3n) is 3.77. The Morgan fingerprint density at radius 2 is 1.40 bits per heavy atom. The SMILES string of the molecule is CO[Si](OC)(OC)C(C)C1CCCCC1. The molecule has 90 valence electrons. The standard InChI is InChI=1S/C11H24O3Si/c1-10(11-8-6-5-7-9-11)15(12-2,13-3)14-4/h10-11H,5-9H2,1-4H3. The van der Waals surface area contributed by atoms with Gasteiger partial charge < -0.3 is 13.3 Å². The van der Waals surface area contributed by atoms with Crippen LogP contribution in [-0.2, 0) is 13.3 Å². The summed E-state index contributed by atoms with van der Waals surface area (Å²) in [5.74, 6) is 0.713. The van der Waals surface area contributed by atoms with Gasteiger partial charge in [-0.05, 0) is 5.92 Å². The molecule has 1 aliphatic rings. The van der Waals surface area contributed by atoms with Gasteiger partial charge in [-0.25, -0.2) is 0 Å². The second-order valence-corrected chi connectivity index (χ2v) is 7.75. The van der Waals surface area contributed by atoms with Gasteiger partial charge in [0.05, 0.1) is 0 Å². The lowest BCUT2D eigenvalue weighted by Crippen LogP contribution is -2.49. The molecule has 0 aromatic rings. The summed E-state index contributed by atoms with van der Waals surface area (Å²) in [4.78, 5) is 0. The van der Waals surface area contributed by atoms with Crippen LogP contribution in [0.2, 0.25) is 5.54 Å². The van der Waals surface area contributed by atoms with E-state index in [2.05, 4.69) is 6.92 Å². The average Bonchev–Trinajstić information content (AvgIpc) is 2.33. The van der Waals surface area contributed by atoms with E-state index in [-0.39, 0.29) is 0 Å². The topological polar surface area (TPSA) is 27.7 Å². The quantitative estimate of drug-likeness (QED) is 0.682. The molecule has 1 rings (SSSR count). The molecule has 0 aromatic carbocycles. The predicted molar refractivity (Wildman–Crippen MR) is 62.8 cm³/mol. The monoisotopic (exact) mass is 232 g/mol. The van der Waals surface area contributed by atoms with Crippen LogP contribution < -0.4 is 0 Å². The first-order valence-corrected chi connectivity index (χ1v) is 7.66. The summed E-state index contributed by atoms with van der Waals surface area (Å²) in [7, 11) is 2.71. The highest BCUT2D eigenvalue weighted by molar-refractivity contribution is 6.62. The minimum absolute atomic E-state index is 0.415. The molecule has 4 heteroatoms. The van der Waals surface area contributed by atoms with Gasteiger partial charge in [0, 0.05) is 26.9 Å². The molecule has 15 heavy (non-hydrogen) atoms. The molecule has 0 heterocycles. The lowest BCUT2D eigenvalue weighted by molar-refractivity contribution is 0.0992. The number of hydrogen-bond donors (Lipinski definition) is 0. The molecule has 1 saturated carbocycles. The molecule has 1 fully saturated rings. The molecular weight excluding hydrogens is 208 g/mol. The van der Waals surface area contributed by atoms with Gasteiger partial charge in [-0.1, -0.05) is 39.0 Å². The Kier molecular flexibility index (Phi) is 5.25. The summed E-state index contributed by atoms with van der Waals surface area (Å²) >= 11 is 0. The van der Waals surface area contributed by atoms with Crippen LogP contribution in [0.3, 0.4) is 0 Å². The van der Waals surface area contributed by atoms with Crippen molar-refractivity contribution in [1.82, 2.24) is 0 Å². The number of rotatable bonds is 5. The van der Waals surface area contributed by atoms with Gasteiger partial charge in [-0.2, -0.15) is 0 Å². The molecule has 0 amide bonds. The summed E-state index contributed by atoms with van der Waals surface area (Å²) in [6.07, 6.45) is 6.66. The van der Waals surface area contributed by atoms with Crippen LogP contribution in [0.5, 0.6) is 0 Å². The summed E-state index contributed by atoms with van der Waals surface area (Å²) in [5.41, 5.74) is 0.415. The molecule has 0 aromatic heterocycles. The van der Waals surface area contributed by atoms with E-state index in [9.17, 15) is 0 Å². The van der Waals surface area contributed by atoms with E-state index in [1.807, 2.05) is 0 Å². The van der Waals surface area contributed by atoms with Crippen molar-refractivity contribution in [3.63, 3.8) is 0 Å². The van der Waals surface area contributed by atoms with Crippen LogP contribution in [-0.4, -0.2) is 30.1 Å². The Balaban J connectivity index is 2.65. The molecule has 0 saturated heterocycles. The molecular formula is C11H24O3Si. The molecule has 1 unspecified atom stereocenters. The fourth-order valence-electron chi connectivity index (χ4n) is 2.73. The van der Waals surface area contributed by atoms with Gasteiger partial charge in [0.1, 0.15) is 0 Å². The smallest absolute Gasteiger partial charge is 0.377 e. The summed E-state index contributed by atoms with van der Waals surface area (Å²) in [5, 5.41) is 0. The summed E-state index contributed by atoms with van der Waals surface area (Å²) in [6, 6.07) is 0. The molecule has 1 aliphatic carbocycles. The lowest BCUT2D eigenvalue weighted by Gasteiger charge is -2.36. The van der Waals surface area contributed by atoms with Crippen molar-refractivity contribution in [3.05, 3.63) is 0 Å². The zero-order valence-electron chi connectivity index (χ0n) is 10.4. The average molecular weight is 232 g/mol. The highest BCUT2D eigenvalue weighted by Gasteiger charge is 2.48. The predicted octanol–water partition coefficient (Wildman–Crippen LogP) is 2.83. The van der Waals surface area contributed by atoms with E-state index in [0.717, 1.165) is 0 Å². The molecule has 0 radical (unpaired) electrons. The van der Waals surface area contributed by atoms with Crippen molar-refractivity contribution in [2.75, 3.05) is 21.3 Å². The fourth-order valence-corrected chi connectivity index (χ4v) is 5.26. The summed E-state index contributed by atoms with van der Waals surface area (Å²) in [6.45, 7) is 2.22. The van der Waals surface area contributed by atoms with Gasteiger partial charge >= 0.3 is 8.80 Å². The third-order valence-corrected chi connectivity index (χ3v) is 7.06. The Morgan fingerprint density at radius 1 is 0.933 bits per heavy atom. The zero-order valence-corrected chi connectivity index (χ0v) is 11.4. The minimum atomic E-state index is -2.41. The maximum Gasteiger partial charge on any atom is 0.503 e. The van der Waals surface area contributed by atoms with Crippen molar-refractivity contribution in [2.24, 2.45) is 5.92 Å². The van der Waals surface area contributed by atoms with Crippen LogP contribution in [0.15, 0.2) is 0 Å². The van der Waals surface area contributed by atoms with Gasteiger partial charge in [-0.15, -0.1) is 0 Å². The van der Waals surface area contributed by atoms with Gasteiger partial charge in [0.2, 0.25) is 0 Å². The molecule has 0 bridgehead atoms. The van der Waals surface area contributed by atoms with E-state index in [1.54, 1.807) is 21.3 Å². The minimum Gasteiger partial charge on any atom is -0.377 e. The van der Waals surface area contributed by atoms with Crippen molar-refractivity contribution < 1.29 is 13.3 Å². The maximum absolute atomic E-state index is 5.55. The first kappa shape index (κ1) is 13.2. The van der Waals surface area contributed by atoms with Crippen molar-refractivity contribution >= 4 is 8.80 Å². The Hall–Kier alpha value is 0.0969. The molecule has 0 aliphatic heterocycles. The van der Waals surface area contributed by atoms with Gasteiger partial charge in [-0.3, -0.25) is 0 Å². The normalized spacial score (nSPS) is 21.6. The van der Waals surface area contributed by atoms with E-state index in [0.29, 0.717) is 11.5 Å². The number of hydrogen-bond acceptors (Lipinski definition) is 3. The Bertz CT molecular complexity index is 168. The van der Waals surface area contributed by atoms with Crippen molar-refractivity contribution in [1.29, 1.82) is 0 Å². The van der Waals surface area contributed by atoms with Crippen LogP contribution in [0.1, 0.15) is 39.0 Å². The molecule has 0 N–H and O–H groups in total. The maximum atomic E-state index is 5.55. The van der Waals surface area contributed by atoms with E-state index in [1.165, 1.54) is 32.1 Å².